The molecule has 1 N–H and O–H groups in total. The molecule has 0 saturated carbocycles. The topological polar surface area (TPSA) is 71.4 Å². The summed E-state index contributed by atoms with van der Waals surface area (Å²) in [5, 5.41) is 2.71. The molecule has 2 heterocycles. The fourth-order valence-corrected chi connectivity index (χ4v) is 3.84. The van der Waals surface area contributed by atoms with E-state index in [9.17, 15) is 18.8 Å². The first-order valence-electron chi connectivity index (χ1n) is 10.8. The zero-order valence-electron chi connectivity index (χ0n) is 18.4. The van der Waals surface area contributed by atoms with Crippen LogP contribution in [-0.2, 0) is 13.1 Å². The first kappa shape index (κ1) is 22.7. The second-order valence-electron chi connectivity index (χ2n) is 8.61. The van der Waals surface area contributed by atoms with E-state index in [2.05, 4.69) is 5.32 Å². The summed E-state index contributed by atoms with van der Waals surface area (Å²) in [5.41, 5.74) is 0.864. The maximum Gasteiger partial charge on any atom is 0.259 e. The molecule has 1 aromatic carbocycles. The molecule has 6 nitrogen and oxygen atoms in total. The Labute approximate surface area is 182 Å². The van der Waals surface area contributed by atoms with Crippen LogP contribution in [0, 0.1) is 18.7 Å². The summed E-state index contributed by atoms with van der Waals surface area (Å²) in [6.07, 6.45) is 5.97. The summed E-state index contributed by atoms with van der Waals surface area (Å²) in [6.45, 7) is 7.79. The van der Waals surface area contributed by atoms with Gasteiger partial charge in [-0.05, 0) is 55.4 Å². The first-order valence-corrected chi connectivity index (χ1v) is 10.8. The van der Waals surface area contributed by atoms with Crippen molar-refractivity contribution in [2.75, 3.05) is 13.1 Å². The molecule has 1 saturated heterocycles. The number of pyridine rings is 1. The maximum atomic E-state index is 13.5. The zero-order chi connectivity index (χ0) is 22.5. The van der Waals surface area contributed by atoms with E-state index in [0.717, 1.165) is 24.8 Å². The molecule has 1 aliphatic rings. The quantitative estimate of drug-likeness (QED) is 0.767. The molecule has 0 aliphatic carbocycles. The summed E-state index contributed by atoms with van der Waals surface area (Å²) in [4.78, 5) is 40.7. The Morgan fingerprint density at radius 1 is 1.10 bits per heavy atom. The van der Waals surface area contributed by atoms with Crippen molar-refractivity contribution in [2.45, 2.75) is 53.1 Å². The molecular formula is C24H30FN3O3. The number of nitrogens with one attached hydrogen (secondary N) is 1. The number of piperidine rings is 1. The van der Waals surface area contributed by atoms with Crippen molar-refractivity contribution in [3.05, 3.63) is 68.9 Å². The van der Waals surface area contributed by atoms with Crippen LogP contribution in [0.1, 0.15) is 65.0 Å². The van der Waals surface area contributed by atoms with Crippen LogP contribution in [0.25, 0.3) is 0 Å². The molecule has 3 rings (SSSR count). The number of hydrogen-bond acceptors (Lipinski definition) is 3. The Balaban J connectivity index is 1.90. The lowest BCUT2D eigenvalue weighted by Crippen LogP contribution is -2.40. The minimum Gasteiger partial charge on any atom is -0.352 e. The third-order valence-electron chi connectivity index (χ3n) is 5.52. The van der Waals surface area contributed by atoms with Crippen molar-refractivity contribution >= 4 is 11.8 Å². The van der Waals surface area contributed by atoms with Crippen LogP contribution in [0.4, 0.5) is 4.39 Å². The van der Waals surface area contributed by atoms with Gasteiger partial charge < -0.3 is 14.8 Å². The van der Waals surface area contributed by atoms with Gasteiger partial charge in [-0.3, -0.25) is 14.4 Å². The van der Waals surface area contributed by atoms with E-state index in [-0.39, 0.29) is 35.3 Å². The number of aryl methyl sites for hydroxylation is 1. The second-order valence-corrected chi connectivity index (χ2v) is 8.61. The highest BCUT2D eigenvalue weighted by Gasteiger charge is 2.24. The van der Waals surface area contributed by atoms with E-state index < -0.39 is 11.3 Å². The standard InChI is InChI=1S/C24H30FN3O3/c1-16(2)13-27-14-20(23(30)26-12-18-11-19(25)8-7-17(18)3)22(29)21(15-27)24(31)28-9-5-4-6-10-28/h7-8,11,14-16H,4-6,9-10,12-13H2,1-3H3,(H,26,30). The van der Waals surface area contributed by atoms with Gasteiger partial charge >= 0.3 is 0 Å². The number of aromatic nitrogens is 1. The highest BCUT2D eigenvalue weighted by atomic mass is 19.1. The van der Waals surface area contributed by atoms with E-state index in [1.165, 1.54) is 18.3 Å². The van der Waals surface area contributed by atoms with Gasteiger partial charge in [0.15, 0.2) is 0 Å². The Hall–Kier alpha value is -2.96. The van der Waals surface area contributed by atoms with Crippen molar-refractivity contribution in [1.82, 2.24) is 14.8 Å². The molecule has 166 valence electrons. The Bertz CT molecular complexity index is 1020. The number of carbonyl (C=O) groups is 2. The van der Waals surface area contributed by atoms with Gasteiger partial charge in [0.1, 0.15) is 16.9 Å². The molecule has 0 radical (unpaired) electrons. The van der Waals surface area contributed by atoms with Crippen LogP contribution in [0.3, 0.4) is 0 Å². The summed E-state index contributed by atoms with van der Waals surface area (Å²) in [5.74, 6) is -1.01. The van der Waals surface area contributed by atoms with E-state index in [1.54, 1.807) is 21.7 Å². The molecule has 1 aromatic heterocycles. The highest BCUT2D eigenvalue weighted by Crippen LogP contribution is 2.13. The SMILES string of the molecule is Cc1ccc(F)cc1CNC(=O)c1cn(CC(C)C)cc(C(=O)N2CCCCC2)c1=O. The molecule has 0 bridgehead atoms. The largest absolute Gasteiger partial charge is 0.352 e. The fraction of sp³-hybridized carbons (Fsp3) is 0.458. The van der Waals surface area contributed by atoms with Crippen LogP contribution in [0.2, 0.25) is 0 Å². The van der Waals surface area contributed by atoms with Crippen LogP contribution in [0.5, 0.6) is 0 Å². The summed E-state index contributed by atoms with van der Waals surface area (Å²) in [7, 11) is 0. The molecule has 2 amide bonds. The van der Waals surface area contributed by atoms with Gasteiger partial charge in [0.2, 0.25) is 5.43 Å². The molecule has 1 aliphatic heterocycles. The summed E-state index contributed by atoms with van der Waals surface area (Å²) in [6, 6.07) is 4.37. The molecule has 7 heteroatoms. The van der Waals surface area contributed by atoms with Crippen LogP contribution < -0.4 is 10.7 Å². The van der Waals surface area contributed by atoms with Crippen LogP contribution >= 0.6 is 0 Å². The van der Waals surface area contributed by atoms with Crippen molar-refractivity contribution in [3.63, 3.8) is 0 Å². The fourth-order valence-electron chi connectivity index (χ4n) is 3.84. The zero-order valence-corrected chi connectivity index (χ0v) is 18.4. The third-order valence-corrected chi connectivity index (χ3v) is 5.52. The minimum absolute atomic E-state index is 0.0251. The predicted molar refractivity (Wildman–Crippen MR) is 118 cm³/mol. The van der Waals surface area contributed by atoms with Crippen molar-refractivity contribution in [1.29, 1.82) is 0 Å². The second kappa shape index (κ2) is 9.90. The number of rotatable bonds is 6. The average molecular weight is 428 g/mol. The molecule has 31 heavy (non-hydrogen) atoms. The normalized spacial score (nSPS) is 14.0. The van der Waals surface area contributed by atoms with E-state index in [4.69, 9.17) is 0 Å². The molecular weight excluding hydrogens is 397 g/mol. The van der Waals surface area contributed by atoms with Gasteiger partial charge in [0.05, 0.1) is 0 Å². The van der Waals surface area contributed by atoms with E-state index in [0.29, 0.717) is 25.2 Å². The Morgan fingerprint density at radius 3 is 2.45 bits per heavy atom. The van der Waals surface area contributed by atoms with Gasteiger partial charge in [0, 0.05) is 38.6 Å². The van der Waals surface area contributed by atoms with Crippen LogP contribution in [0.15, 0.2) is 35.4 Å². The Kier molecular flexibility index (Phi) is 7.25. The summed E-state index contributed by atoms with van der Waals surface area (Å²) >= 11 is 0. The van der Waals surface area contributed by atoms with Gasteiger partial charge in [-0.2, -0.15) is 0 Å². The monoisotopic (exact) mass is 427 g/mol. The maximum absolute atomic E-state index is 13.5. The van der Waals surface area contributed by atoms with Gasteiger partial charge in [-0.1, -0.05) is 19.9 Å². The smallest absolute Gasteiger partial charge is 0.259 e. The van der Waals surface area contributed by atoms with Gasteiger partial charge in [-0.25, -0.2) is 4.39 Å². The molecule has 0 atom stereocenters. The molecule has 0 unspecified atom stereocenters. The number of hydrogen-bond donors (Lipinski definition) is 1. The van der Waals surface area contributed by atoms with Gasteiger partial charge in [-0.15, -0.1) is 0 Å². The average Bonchev–Trinajstić information content (AvgIpc) is 2.75. The lowest BCUT2D eigenvalue weighted by Gasteiger charge is -2.27. The molecule has 0 spiro atoms. The first-order chi connectivity index (χ1) is 14.8. The van der Waals surface area contributed by atoms with E-state index in [1.807, 2.05) is 20.8 Å². The number of amides is 2. The minimum atomic E-state index is -0.570. The molecule has 2 aromatic rings. The number of likely N-dealkylation sites (tertiary alicyclic amines) is 1. The third kappa shape index (κ3) is 5.60. The lowest BCUT2D eigenvalue weighted by molar-refractivity contribution is 0.0722. The number of halogens is 1. The summed E-state index contributed by atoms with van der Waals surface area (Å²) < 4.78 is 15.3. The van der Waals surface area contributed by atoms with E-state index >= 15 is 0 Å². The van der Waals surface area contributed by atoms with Crippen LogP contribution in [-0.4, -0.2) is 34.4 Å². The van der Waals surface area contributed by atoms with Crippen molar-refractivity contribution < 1.29 is 14.0 Å². The highest BCUT2D eigenvalue weighted by molar-refractivity contribution is 5.99. The Morgan fingerprint density at radius 2 is 1.77 bits per heavy atom. The lowest BCUT2D eigenvalue weighted by atomic mass is 10.1. The predicted octanol–water partition coefficient (Wildman–Crippen LogP) is 3.51. The van der Waals surface area contributed by atoms with Crippen molar-refractivity contribution in [3.8, 4) is 0 Å². The molecule has 1 fully saturated rings. The number of carbonyl (C=O) groups excluding carboxylic acids is 2. The number of nitrogens with zero attached hydrogens (tertiary/aromatic N) is 2. The van der Waals surface area contributed by atoms with Gasteiger partial charge in [0.25, 0.3) is 11.8 Å². The number of benzene rings is 1. The van der Waals surface area contributed by atoms with Crippen molar-refractivity contribution in [2.24, 2.45) is 5.92 Å².